The van der Waals surface area contributed by atoms with Gasteiger partial charge in [0.25, 0.3) is 0 Å². The second-order valence-electron chi connectivity index (χ2n) is 10.5. The summed E-state index contributed by atoms with van der Waals surface area (Å²) >= 11 is 1.51. The SMILES string of the molecule is COc1ccc2[nH]cc(CCNC(=O)CSc3cc(C(C)(C)C)c(O)c(C(C)(C)C)c3)c2c1. The van der Waals surface area contributed by atoms with E-state index in [2.05, 4.69) is 51.8 Å². The number of fused-ring (bicyclic) bond motifs is 1. The van der Waals surface area contributed by atoms with Crippen molar-refractivity contribution in [1.29, 1.82) is 0 Å². The average molecular weight is 469 g/mol. The molecule has 0 spiro atoms. The molecule has 0 saturated heterocycles. The summed E-state index contributed by atoms with van der Waals surface area (Å²) in [6.45, 7) is 13.1. The molecule has 0 radical (unpaired) electrons. The van der Waals surface area contributed by atoms with Gasteiger partial charge in [0.2, 0.25) is 5.91 Å². The minimum absolute atomic E-state index is 0.000106. The van der Waals surface area contributed by atoms with Crippen LogP contribution in [0.1, 0.15) is 58.2 Å². The topological polar surface area (TPSA) is 74.3 Å². The molecular formula is C27H36N2O3S. The molecule has 0 saturated carbocycles. The van der Waals surface area contributed by atoms with Crippen molar-refractivity contribution in [3.8, 4) is 11.5 Å². The second kappa shape index (κ2) is 9.72. The van der Waals surface area contributed by atoms with Gasteiger partial charge in [-0.05, 0) is 53.1 Å². The number of thioether (sulfide) groups is 1. The maximum atomic E-state index is 12.5. The van der Waals surface area contributed by atoms with Gasteiger partial charge in [0.15, 0.2) is 0 Å². The standard InChI is InChI=1S/C27H36N2O3S/c1-26(2,3)21-13-19(14-22(25(21)31)27(4,5)6)33-16-24(30)28-11-10-17-15-29-23-9-8-18(32-7)12-20(17)23/h8-9,12-15,29,31H,10-11,16H2,1-7H3,(H,28,30). The van der Waals surface area contributed by atoms with E-state index in [1.807, 2.05) is 36.5 Å². The lowest BCUT2D eigenvalue weighted by Crippen LogP contribution is -2.27. The number of benzene rings is 2. The van der Waals surface area contributed by atoms with E-state index >= 15 is 0 Å². The predicted octanol–water partition coefficient (Wildman–Crippen LogP) is 5.93. The number of rotatable bonds is 7. The van der Waals surface area contributed by atoms with Gasteiger partial charge in [-0.2, -0.15) is 0 Å². The second-order valence-corrected chi connectivity index (χ2v) is 11.5. The number of carbonyl (C=O) groups excluding carboxylic acids is 1. The van der Waals surface area contributed by atoms with Crippen molar-refractivity contribution in [2.45, 2.75) is 63.7 Å². The smallest absolute Gasteiger partial charge is 0.230 e. The molecule has 1 heterocycles. The summed E-state index contributed by atoms with van der Waals surface area (Å²) < 4.78 is 5.33. The summed E-state index contributed by atoms with van der Waals surface area (Å²) in [5, 5.41) is 15.0. The molecular weight excluding hydrogens is 432 g/mol. The van der Waals surface area contributed by atoms with Crippen molar-refractivity contribution in [1.82, 2.24) is 10.3 Å². The first-order valence-corrected chi connectivity index (χ1v) is 12.3. The first-order valence-electron chi connectivity index (χ1n) is 11.3. The normalized spacial score (nSPS) is 12.2. The van der Waals surface area contributed by atoms with Crippen molar-refractivity contribution >= 4 is 28.6 Å². The van der Waals surface area contributed by atoms with Crippen LogP contribution in [-0.4, -0.2) is 35.4 Å². The zero-order valence-corrected chi connectivity index (χ0v) is 21.6. The minimum Gasteiger partial charge on any atom is -0.507 e. The van der Waals surface area contributed by atoms with Crippen LogP contribution in [0.5, 0.6) is 11.5 Å². The zero-order valence-electron chi connectivity index (χ0n) is 20.8. The van der Waals surface area contributed by atoms with Crippen LogP contribution < -0.4 is 10.1 Å². The fourth-order valence-electron chi connectivity index (χ4n) is 3.86. The van der Waals surface area contributed by atoms with Crippen molar-refractivity contribution in [2.75, 3.05) is 19.4 Å². The molecule has 2 aromatic carbocycles. The van der Waals surface area contributed by atoms with E-state index in [9.17, 15) is 9.90 Å². The van der Waals surface area contributed by atoms with Gasteiger partial charge in [-0.3, -0.25) is 4.79 Å². The molecule has 1 aromatic heterocycles. The Hall–Kier alpha value is -2.60. The zero-order chi connectivity index (χ0) is 24.4. The number of hydrogen-bond acceptors (Lipinski definition) is 4. The summed E-state index contributed by atoms with van der Waals surface area (Å²) in [4.78, 5) is 16.8. The van der Waals surface area contributed by atoms with E-state index in [1.54, 1.807) is 7.11 Å². The highest BCUT2D eigenvalue weighted by atomic mass is 32.2. The average Bonchev–Trinajstić information content (AvgIpc) is 3.13. The van der Waals surface area contributed by atoms with Crippen molar-refractivity contribution < 1.29 is 14.6 Å². The number of hydrogen-bond donors (Lipinski definition) is 3. The van der Waals surface area contributed by atoms with Gasteiger partial charge in [-0.1, -0.05) is 41.5 Å². The van der Waals surface area contributed by atoms with Crippen LogP contribution in [-0.2, 0) is 22.0 Å². The van der Waals surface area contributed by atoms with Crippen molar-refractivity contribution in [2.24, 2.45) is 0 Å². The molecule has 178 valence electrons. The number of H-pyrrole nitrogens is 1. The Bertz CT molecular complexity index is 1100. The molecule has 3 rings (SSSR count). The minimum atomic E-state index is -0.190. The summed E-state index contributed by atoms with van der Waals surface area (Å²) in [7, 11) is 1.66. The van der Waals surface area contributed by atoms with Crippen LogP contribution in [0.15, 0.2) is 41.4 Å². The molecule has 0 unspecified atom stereocenters. The third-order valence-electron chi connectivity index (χ3n) is 5.76. The summed E-state index contributed by atoms with van der Waals surface area (Å²) in [5.41, 5.74) is 3.65. The molecule has 33 heavy (non-hydrogen) atoms. The molecule has 0 fully saturated rings. The van der Waals surface area contributed by atoms with Crippen molar-refractivity contribution in [3.05, 3.63) is 53.2 Å². The number of phenolic OH excluding ortho intramolecular Hbond substituents is 1. The van der Waals surface area contributed by atoms with Crippen LogP contribution in [0.4, 0.5) is 0 Å². The Morgan fingerprint density at radius 3 is 2.27 bits per heavy atom. The molecule has 1 amide bonds. The monoisotopic (exact) mass is 468 g/mol. The Kier molecular flexibility index (Phi) is 7.37. The van der Waals surface area contributed by atoms with E-state index in [4.69, 9.17) is 4.74 Å². The van der Waals surface area contributed by atoms with Gasteiger partial charge in [-0.25, -0.2) is 0 Å². The molecule has 0 atom stereocenters. The van der Waals surface area contributed by atoms with Gasteiger partial charge in [0, 0.05) is 39.7 Å². The van der Waals surface area contributed by atoms with Gasteiger partial charge >= 0.3 is 0 Å². The molecule has 0 aliphatic carbocycles. The van der Waals surface area contributed by atoms with Crippen LogP contribution in [0, 0.1) is 0 Å². The first-order chi connectivity index (χ1) is 15.4. The number of nitrogens with one attached hydrogen (secondary N) is 2. The highest BCUT2D eigenvalue weighted by molar-refractivity contribution is 8.00. The predicted molar refractivity (Wildman–Crippen MR) is 138 cm³/mol. The molecule has 0 bridgehead atoms. The number of aromatic amines is 1. The lowest BCUT2D eigenvalue weighted by Gasteiger charge is -2.28. The Balaban J connectivity index is 1.63. The van der Waals surface area contributed by atoms with Gasteiger partial charge in [-0.15, -0.1) is 11.8 Å². The number of aromatic hydroxyl groups is 1. The van der Waals surface area contributed by atoms with Gasteiger partial charge < -0.3 is 20.1 Å². The Morgan fingerprint density at radius 1 is 1.06 bits per heavy atom. The fourth-order valence-corrected chi connectivity index (χ4v) is 4.66. The van der Waals surface area contributed by atoms with E-state index < -0.39 is 0 Å². The Morgan fingerprint density at radius 2 is 1.70 bits per heavy atom. The molecule has 5 nitrogen and oxygen atoms in total. The van der Waals surface area contributed by atoms with Crippen LogP contribution in [0.3, 0.4) is 0 Å². The molecule has 3 aromatic rings. The third kappa shape index (κ3) is 6.05. The van der Waals surface area contributed by atoms with Crippen LogP contribution in [0.2, 0.25) is 0 Å². The largest absolute Gasteiger partial charge is 0.507 e. The summed E-state index contributed by atoms with van der Waals surface area (Å²) in [5.74, 6) is 1.51. The molecule has 0 aliphatic rings. The number of methoxy groups -OCH3 is 1. The number of phenols is 1. The molecule has 0 aliphatic heterocycles. The highest BCUT2D eigenvalue weighted by Gasteiger charge is 2.26. The van der Waals surface area contributed by atoms with Crippen LogP contribution >= 0.6 is 11.8 Å². The Labute approximate surface area is 201 Å². The lowest BCUT2D eigenvalue weighted by molar-refractivity contribution is -0.118. The lowest BCUT2D eigenvalue weighted by atomic mass is 9.79. The van der Waals surface area contributed by atoms with E-state index in [0.717, 1.165) is 44.7 Å². The molecule has 6 heteroatoms. The maximum Gasteiger partial charge on any atom is 0.230 e. The van der Waals surface area contributed by atoms with Gasteiger partial charge in [0.1, 0.15) is 11.5 Å². The number of ether oxygens (including phenoxy) is 1. The first kappa shape index (κ1) is 25.0. The highest BCUT2D eigenvalue weighted by Crippen LogP contribution is 2.41. The quantitative estimate of drug-likeness (QED) is 0.376. The van der Waals surface area contributed by atoms with E-state index in [-0.39, 0.29) is 16.7 Å². The van der Waals surface area contributed by atoms with E-state index in [0.29, 0.717) is 18.0 Å². The van der Waals surface area contributed by atoms with E-state index in [1.165, 1.54) is 11.8 Å². The summed E-state index contributed by atoms with van der Waals surface area (Å²) in [6, 6.07) is 9.98. The van der Waals surface area contributed by atoms with Gasteiger partial charge in [0.05, 0.1) is 12.9 Å². The summed E-state index contributed by atoms with van der Waals surface area (Å²) in [6.07, 6.45) is 2.73. The number of aromatic nitrogens is 1. The number of amides is 1. The fraction of sp³-hybridized carbons (Fsp3) is 0.444. The third-order valence-corrected chi connectivity index (χ3v) is 6.74. The molecule has 3 N–H and O–H groups in total. The maximum absolute atomic E-state index is 12.5. The van der Waals surface area contributed by atoms with Crippen molar-refractivity contribution in [3.63, 3.8) is 0 Å². The van der Waals surface area contributed by atoms with Crippen LogP contribution in [0.25, 0.3) is 10.9 Å². The number of carbonyl (C=O) groups is 1.